The van der Waals surface area contributed by atoms with Gasteiger partial charge in [-0.05, 0) is 44.6 Å². The summed E-state index contributed by atoms with van der Waals surface area (Å²) in [6.45, 7) is 2.75. The van der Waals surface area contributed by atoms with Crippen molar-refractivity contribution >= 4 is 17.4 Å². The van der Waals surface area contributed by atoms with Crippen molar-refractivity contribution in [2.24, 2.45) is 0 Å². The maximum atomic E-state index is 13.9. The Kier molecular flexibility index (Phi) is 3.43. The summed E-state index contributed by atoms with van der Waals surface area (Å²) in [5, 5.41) is 2.95. The van der Waals surface area contributed by atoms with Crippen molar-refractivity contribution in [3.63, 3.8) is 0 Å². The number of ketones is 1. The quantitative estimate of drug-likeness (QED) is 0.646. The van der Waals surface area contributed by atoms with E-state index in [1.54, 1.807) is 20.0 Å². The van der Waals surface area contributed by atoms with Gasteiger partial charge in [0.1, 0.15) is 5.82 Å². The lowest BCUT2D eigenvalue weighted by Gasteiger charge is -2.17. The molecule has 0 aromatic heterocycles. The topological polar surface area (TPSA) is 49.4 Å². The molecule has 0 fully saturated rings. The van der Waals surface area contributed by atoms with Gasteiger partial charge in [0.2, 0.25) is 0 Å². The van der Waals surface area contributed by atoms with E-state index in [1.807, 2.05) is 0 Å². The average Bonchev–Trinajstić information content (AvgIpc) is 2.55. The minimum Gasteiger partial charge on any atom is -0.320 e. The Labute approximate surface area is 105 Å². The van der Waals surface area contributed by atoms with Crippen LogP contribution in [0.25, 0.3) is 0 Å². The van der Waals surface area contributed by atoms with Crippen LogP contribution in [0.15, 0.2) is 12.1 Å². The van der Waals surface area contributed by atoms with Crippen molar-refractivity contribution in [3.05, 3.63) is 29.1 Å². The Morgan fingerprint density at radius 3 is 2.72 bits per heavy atom. The zero-order chi connectivity index (χ0) is 13.3. The van der Waals surface area contributed by atoms with Crippen LogP contribution in [0.1, 0.15) is 22.3 Å². The molecule has 18 heavy (non-hydrogen) atoms. The van der Waals surface area contributed by atoms with Crippen LogP contribution in [0.5, 0.6) is 0 Å². The van der Waals surface area contributed by atoms with E-state index in [0.29, 0.717) is 25.1 Å². The number of nitrogens with one attached hydrogen (secondary N) is 1. The third kappa shape index (κ3) is 2.01. The van der Waals surface area contributed by atoms with Crippen molar-refractivity contribution < 1.29 is 14.0 Å². The first-order valence-corrected chi connectivity index (χ1v) is 5.87. The van der Waals surface area contributed by atoms with Crippen LogP contribution < -0.4 is 10.2 Å². The highest BCUT2D eigenvalue weighted by atomic mass is 19.1. The molecule has 1 aliphatic rings. The van der Waals surface area contributed by atoms with Crippen LogP contribution in [0.3, 0.4) is 0 Å². The lowest BCUT2D eigenvalue weighted by molar-refractivity contribution is -0.114. The highest BCUT2D eigenvalue weighted by molar-refractivity contribution is 6.52. The summed E-state index contributed by atoms with van der Waals surface area (Å²) in [5.41, 5.74) is 0.957. The molecule has 0 aliphatic carbocycles. The van der Waals surface area contributed by atoms with Crippen molar-refractivity contribution in [3.8, 4) is 0 Å². The normalized spacial score (nSPS) is 14.3. The third-order valence-electron chi connectivity index (χ3n) is 2.97. The lowest BCUT2D eigenvalue weighted by Crippen LogP contribution is -2.32. The van der Waals surface area contributed by atoms with Crippen molar-refractivity contribution in [1.29, 1.82) is 0 Å². The summed E-state index contributed by atoms with van der Waals surface area (Å²) in [7, 11) is 1.80. The fourth-order valence-electron chi connectivity index (χ4n) is 2.15. The Bertz CT molecular complexity index is 514. The molecule has 2 rings (SSSR count). The second-order valence-corrected chi connectivity index (χ2v) is 4.39. The van der Waals surface area contributed by atoms with Gasteiger partial charge in [-0.15, -0.1) is 0 Å². The number of rotatable bonds is 4. The lowest BCUT2D eigenvalue weighted by atomic mass is 10.1. The highest BCUT2D eigenvalue weighted by Crippen LogP contribution is 2.32. The first-order valence-electron chi connectivity index (χ1n) is 5.87. The molecule has 0 radical (unpaired) electrons. The zero-order valence-electron chi connectivity index (χ0n) is 10.4. The fraction of sp³-hybridized carbons (Fsp3) is 0.385. The molecule has 1 amide bonds. The molecule has 1 aromatic carbocycles. The number of hydrogen-bond acceptors (Lipinski definition) is 3. The number of nitrogens with zero attached hydrogens (tertiary/aromatic N) is 1. The van der Waals surface area contributed by atoms with Crippen LogP contribution >= 0.6 is 0 Å². The molecule has 1 N–H and O–H groups in total. The molecule has 5 heteroatoms. The molecule has 0 bridgehead atoms. The number of fused-ring (bicyclic) bond motifs is 1. The van der Waals surface area contributed by atoms with E-state index in [1.165, 1.54) is 11.0 Å². The predicted molar refractivity (Wildman–Crippen MR) is 66.4 cm³/mol. The summed E-state index contributed by atoms with van der Waals surface area (Å²) in [5.74, 6) is -1.75. The van der Waals surface area contributed by atoms with E-state index in [4.69, 9.17) is 0 Å². The van der Waals surface area contributed by atoms with Crippen LogP contribution in [0, 0.1) is 12.7 Å². The Balaban J connectivity index is 2.36. The van der Waals surface area contributed by atoms with Gasteiger partial charge in [-0.25, -0.2) is 4.39 Å². The second kappa shape index (κ2) is 4.86. The molecule has 1 aromatic rings. The Hall–Kier alpha value is -1.75. The molecule has 1 aliphatic heterocycles. The number of aryl methyl sites for hydroxylation is 1. The van der Waals surface area contributed by atoms with Gasteiger partial charge in [-0.3, -0.25) is 9.59 Å². The molecule has 96 valence electrons. The first-order chi connectivity index (χ1) is 8.56. The summed E-state index contributed by atoms with van der Waals surface area (Å²) in [6, 6.07) is 2.91. The maximum Gasteiger partial charge on any atom is 0.299 e. The second-order valence-electron chi connectivity index (χ2n) is 4.39. The number of benzene rings is 1. The highest BCUT2D eigenvalue weighted by Gasteiger charge is 2.37. The summed E-state index contributed by atoms with van der Waals surface area (Å²) < 4.78 is 13.9. The van der Waals surface area contributed by atoms with Crippen molar-refractivity contribution in [2.75, 3.05) is 25.0 Å². The minimum absolute atomic E-state index is 0.131. The van der Waals surface area contributed by atoms with Crippen LogP contribution in [-0.2, 0) is 4.79 Å². The third-order valence-corrected chi connectivity index (χ3v) is 2.97. The molecule has 4 nitrogen and oxygen atoms in total. The van der Waals surface area contributed by atoms with Gasteiger partial charge in [0.15, 0.2) is 0 Å². The Morgan fingerprint density at radius 1 is 1.33 bits per heavy atom. The van der Waals surface area contributed by atoms with Gasteiger partial charge in [0.05, 0.1) is 11.3 Å². The van der Waals surface area contributed by atoms with Crippen molar-refractivity contribution in [2.45, 2.75) is 13.3 Å². The fourth-order valence-corrected chi connectivity index (χ4v) is 2.15. The number of Topliss-reactive ketones (excluding diaryl/α,β-unsaturated/α-hetero) is 1. The number of carbonyl (C=O) groups is 2. The van der Waals surface area contributed by atoms with Crippen molar-refractivity contribution in [1.82, 2.24) is 5.32 Å². The van der Waals surface area contributed by atoms with Crippen LogP contribution in [0.2, 0.25) is 0 Å². The predicted octanol–water partition coefficient (Wildman–Crippen LogP) is 1.27. The van der Waals surface area contributed by atoms with E-state index in [0.717, 1.165) is 0 Å². The number of hydrogen-bond donors (Lipinski definition) is 1. The molecule has 1 heterocycles. The molecule has 0 atom stereocenters. The van der Waals surface area contributed by atoms with Gasteiger partial charge in [-0.1, -0.05) is 0 Å². The van der Waals surface area contributed by atoms with E-state index >= 15 is 0 Å². The van der Waals surface area contributed by atoms with Gasteiger partial charge in [0, 0.05) is 6.54 Å². The van der Waals surface area contributed by atoms with E-state index < -0.39 is 17.5 Å². The summed E-state index contributed by atoms with van der Waals surface area (Å²) >= 11 is 0. The summed E-state index contributed by atoms with van der Waals surface area (Å²) in [4.78, 5) is 24.8. The van der Waals surface area contributed by atoms with Crippen LogP contribution in [0.4, 0.5) is 10.1 Å². The standard InChI is InChI=1S/C13H15FN2O2/c1-8-6-9-11(10(14)7-8)16(5-3-4-15-2)13(18)12(9)17/h6-7,15H,3-5H2,1-2H3. The number of amides is 1. The van der Waals surface area contributed by atoms with Gasteiger partial charge >= 0.3 is 0 Å². The van der Waals surface area contributed by atoms with Gasteiger partial charge in [-0.2, -0.15) is 0 Å². The molecule has 0 unspecified atom stereocenters. The maximum absolute atomic E-state index is 13.9. The molecule has 0 saturated heterocycles. The smallest absolute Gasteiger partial charge is 0.299 e. The number of carbonyl (C=O) groups excluding carboxylic acids is 2. The van der Waals surface area contributed by atoms with Crippen LogP contribution in [-0.4, -0.2) is 31.8 Å². The largest absolute Gasteiger partial charge is 0.320 e. The van der Waals surface area contributed by atoms with Gasteiger partial charge in [0.25, 0.3) is 11.7 Å². The monoisotopic (exact) mass is 250 g/mol. The molecule has 0 saturated carbocycles. The van der Waals surface area contributed by atoms with Gasteiger partial charge < -0.3 is 10.2 Å². The molecular formula is C13H15FN2O2. The van der Waals surface area contributed by atoms with E-state index in [9.17, 15) is 14.0 Å². The van der Waals surface area contributed by atoms with E-state index in [2.05, 4.69) is 5.32 Å². The average molecular weight is 250 g/mol. The minimum atomic E-state index is -0.634. The first kappa shape index (κ1) is 12.7. The zero-order valence-corrected chi connectivity index (χ0v) is 10.4. The SMILES string of the molecule is CNCCCN1C(=O)C(=O)c2cc(C)cc(F)c21. The molecule has 0 spiro atoms. The number of halogens is 1. The number of anilines is 1. The van der Waals surface area contributed by atoms with E-state index in [-0.39, 0.29) is 11.3 Å². The molecular weight excluding hydrogens is 235 g/mol. The summed E-state index contributed by atoms with van der Waals surface area (Å²) in [6.07, 6.45) is 0.669. The Morgan fingerprint density at radius 2 is 2.06 bits per heavy atom.